The van der Waals surface area contributed by atoms with Crippen molar-refractivity contribution in [3.8, 4) is 5.75 Å². The SMILES string of the molecule is C/C=C/Oc1ccc(CCC2CCC(c3ccc(CC)cc3)CC2)c(F)c1F. The second-order valence-electron chi connectivity index (χ2n) is 7.79. The summed E-state index contributed by atoms with van der Waals surface area (Å²) in [4.78, 5) is 0. The van der Waals surface area contributed by atoms with Crippen LogP contribution >= 0.6 is 0 Å². The van der Waals surface area contributed by atoms with Gasteiger partial charge in [0.25, 0.3) is 0 Å². The summed E-state index contributed by atoms with van der Waals surface area (Å²) >= 11 is 0. The molecule has 1 aliphatic rings. The summed E-state index contributed by atoms with van der Waals surface area (Å²) in [5.41, 5.74) is 3.27. The van der Waals surface area contributed by atoms with Crippen molar-refractivity contribution in [2.45, 2.75) is 64.7 Å². The van der Waals surface area contributed by atoms with Crippen molar-refractivity contribution in [1.29, 1.82) is 0 Å². The summed E-state index contributed by atoms with van der Waals surface area (Å²) < 4.78 is 33.5. The van der Waals surface area contributed by atoms with Gasteiger partial charge in [0.15, 0.2) is 11.6 Å². The van der Waals surface area contributed by atoms with E-state index in [0.29, 0.717) is 23.8 Å². The topological polar surface area (TPSA) is 9.23 Å². The molecular weight excluding hydrogens is 354 g/mol. The number of hydrogen-bond acceptors (Lipinski definition) is 1. The van der Waals surface area contributed by atoms with Crippen LogP contribution in [0.3, 0.4) is 0 Å². The van der Waals surface area contributed by atoms with Gasteiger partial charge in [0.2, 0.25) is 5.82 Å². The van der Waals surface area contributed by atoms with Gasteiger partial charge in [-0.25, -0.2) is 4.39 Å². The van der Waals surface area contributed by atoms with E-state index >= 15 is 0 Å². The van der Waals surface area contributed by atoms with E-state index in [9.17, 15) is 8.78 Å². The first kappa shape index (κ1) is 20.6. The van der Waals surface area contributed by atoms with Gasteiger partial charge in [0, 0.05) is 0 Å². The summed E-state index contributed by atoms with van der Waals surface area (Å²) in [5.74, 6) is -0.498. The monoisotopic (exact) mass is 384 g/mol. The molecule has 0 unspecified atom stereocenters. The van der Waals surface area contributed by atoms with Crippen molar-refractivity contribution in [2.24, 2.45) is 5.92 Å². The zero-order valence-corrected chi connectivity index (χ0v) is 16.9. The normalized spacial score (nSPS) is 19.9. The molecule has 0 atom stereocenters. The molecule has 0 saturated heterocycles. The molecule has 3 heteroatoms. The lowest BCUT2D eigenvalue weighted by atomic mass is 9.77. The summed E-state index contributed by atoms with van der Waals surface area (Å²) in [5, 5.41) is 0. The number of ether oxygens (including phenoxy) is 1. The second-order valence-corrected chi connectivity index (χ2v) is 7.79. The van der Waals surface area contributed by atoms with E-state index in [1.54, 1.807) is 19.1 Å². The third-order valence-electron chi connectivity index (χ3n) is 5.99. The fourth-order valence-corrected chi connectivity index (χ4v) is 4.17. The van der Waals surface area contributed by atoms with Crippen LogP contribution in [0.25, 0.3) is 0 Å². The minimum Gasteiger partial charge on any atom is -0.462 e. The van der Waals surface area contributed by atoms with E-state index in [4.69, 9.17) is 4.74 Å². The maximum atomic E-state index is 14.3. The van der Waals surface area contributed by atoms with Gasteiger partial charge < -0.3 is 4.74 Å². The Bertz CT molecular complexity index is 787. The van der Waals surface area contributed by atoms with Gasteiger partial charge in [-0.05, 0) is 86.5 Å². The lowest BCUT2D eigenvalue weighted by molar-refractivity contribution is 0.309. The standard InChI is InChI=1S/C25H30F2O/c1-3-17-28-23-16-15-22(24(26)25(23)27)14-9-19-7-12-21(13-8-19)20-10-5-18(4-2)6-11-20/h3,5-6,10-11,15-17,19,21H,4,7-9,12-14H2,1-2H3/b17-3+. The van der Waals surface area contributed by atoms with Gasteiger partial charge in [-0.15, -0.1) is 0 Å². The first-order valence-corrected chi connectivity index (χ1v) is 10.5. The largest absolute Gasteiger partial charge is 0.462 e. The minimum atomic E-state index is -0.894. The van der Waals surface area contributed by atoms with Gasteiger partial charge in [0.05, 0.1) is 6.26 Å². The van der Waals surface area contributed by atoms with E-state index < -0.39 is 11.6 Å². The average Bonchev–Trinajstić information content (AvgIpc) is 2.74. The smallest absolute Gasteiger partial charge is 0.201 e. The molecule has 0 aromatic heterocycles. The second kappa shape index (κ2) is 9.86. The van der Waals surface area contributed by atoms with Crippen molar-refractivity contribution in [3.63, 3.8) is 0 Å². The van der Waals surface area contributed by atoms with Crippen LogP contribution in [0.1, 0.15) is 68.6 Å². The number of rotatable bonds is 7. The van der Waals surface area contributed by atoms with E-state index in [1.807, 2.05) is 0 Å². The Labute approximate surface area is 167 Å². The lowest BCUT2D eigenvalue weighted by Gasteiger charge is -2.29. The van der Waals surface area contributed by atoms with Crippen molar-refractivity contribution in [2.75, 3.05) is 0 Å². The van der Waals surface area contributed by atoms with Gasteiger partial charge >= 0.3 is 0 Å². The highest BCUT2D eigenvalue weighted by atomic mass is 19.2. The van der Waals surface area contributed by atoms with Crippen LogP contribution in [-0.2, 0) is 12.8 Å². The molecule has 0 bridgehead atoms. The summed E-state index contributed by atoms with van der Waals surface area (Å²) in [6.07, 6.45) is 10.2. The van der Waals surface area contributed by atoms with Crippen LogP contribution in [0.5, 0.6) is 5.75 Å². The molecule has 1 saturated carbocycles. The van der Waals surface area contributed by atoms with Crippen LogP contribution in [0, 0.1) is 17.6 Å². The highest BCUT2D eigenvalue weighted by Crippen LogP contribution is 2.38. The third kappa shape index (κ3) is 5.01. The molecule has 2 aromatic carbocycles. The number of allylic oxidation sites excluding steroid dienone is 1. The first-order chi connectivity index (χ1) is 13.6. The van der Waals surface area contributed by atoms with Gasteiger partial charge in [-0.1, -0.05) is 43.3 Å². The molecule has 0 heterocycles. The zero-order valence-electron chi connectivity index (χ0n) is 16.9. The highest BCUT2D eigenvalue weighted by molar-refractivity contribution is 5.32. The predicted octanol–water partition coefficient (Wildman–Crippen LogP) is 7.35. The molecule has 2 aromatic rings. The highest BCUT2D eigenvalue weighted by Gasteiger charge is 2.23. The van der Waals surface area contributed by atoms with Crippen LogP contribution < -0.4 is 4.74 Å². The molecule has 150 valence electrons. The summed E-state index contributed by atoms with van der Waals surface area (Å²) in [6.45, 7) is 3.94. The molecule has 0 amide bonds. The van der Waals surface area contributed by atoms with Gasteiger partial charge in [-0.2, -0.15) is 4.39 Å². The maximum absolute atomic E-state index is 14.3. The van der Waals surface area contributed by atoms with Crippen molar-refractivity contribution in [1.82, 2.24) is 0 Å². The first-order valence-electron chi connectivity index (χ1n) is 10.5. The fourth-order valence-electron chi connectivity index (χ4n) is 4.17. The molecule has 1 nitrogen and oxygen atoms in total. The van der Waals surface area contributed by atoms with Crippen LogP contribution in [-0.4, -0.2) is 0 Å². The van der Waals surface area contributed by atoms with Crippen molar-refractivity contribution >= 4 is 0 Å². The van der Waals surface area contributed by atoms with Gasteiger partial charge in [-0.3, -0.25) is 0 Å². The molecule has 1 fully saturated rings. The Morgan fingerprint density at radius 1 is 0.964 bits per heavy atom. The van der Waals surface area contributed by atoms with Crippen LogP contribution in [0.4, 0.5) is 8.78 Å². The molecule has 0 N–H and O–H groups in total. The van der Waals surface area contributed by atoms with Crippen LogP contribution in [0.15, 0.2) is 48.7 Å². The van der Waals surface area contributed by atoms with Crippen LogP contribution in [0.2, 0.25) is 0 Å². The van der Waals surface area contributed by atoms with Crippen molar-refractivity contribution < 1.29 is 13.5 Å². The van der Waals surface area contributed by atoms with E-state index in [1.165, 1.54) is 36.3 Å². The van der Waals surface area contributed by atoms with E-state index in [2.05, 4.69) is 31.2 Å². The minimum absolute atomic E-state index is 0.0612. The third-order valence-corrected chi connectivity index (χ3v) is 5.99. The lowest BCUT2D eigenvalue weighted by Crippen LogP contribution is -2.14. The van der Waals surface area contributed by atoms with E-state index in [0.717, 1.165) is 25.7 Å². The molecule has 0 aliphatic heterocycles. The Morgan fingerprint density at radius 2 is 1.68 bits per heavy atom. The molecular formula is C25H30F2O. The Hall–Kier alpha value is -2.16. The Morgan fingerprint density at radius 3 is 2.32 bits per heavy atom. The quantitative estimate of drug-likeness (QED) is 0.454. The van der Waals surface area contributed by atoms with Crippen molar-refractivity contribution in [3.05, 3.63) is 77.1 Å². The average molecular weight is 385 g/mol. The number of benzene rings is 2. The van der Waals surface area contributed by atoms with E-state index in [-0.39, 0.29) is 5.75 Å². The molecule has 28 heavy (non-hydrogen) atoms. The van der Waals surface area contributed by atoms with Gasteiger partial charge in [0.1, 0.15) is 0 Å². The molecule has 0 radical (unpaired) electrons. The maximum Gasteiger partial charge on any atom is 0.201 e. The summed E-state index contributed by atoms with van der Waals surface area (Å²) in [7, 11) is 0. The number of halogens is 2. The Balaban J connectivity index is 1.52. The fraction of sp³-hybridized carbons (Fsp3) is 0.440. The zero-order chi connectivity index (χ0) is 19.9. The molecule has 0 spiro atoms. The Kier molecular flexibility index (Phi) is 7.24. The summed E-state index contributed by atoms with van der Waals surface area (Å²) in [6, 6.07) is 12.2. The number of aryl methyl sites for hydroxylation is 2. The molecule has 3 rings (SSSR count). The predicted molar refractivity (Wildman–Crippen MR) is 111 cm³/mol. The molecule has 1 aliphatic carbocycles. The number of hydrogen-bond donors (Lipinski definition) is 0.